The molecule has 0 bridgehead atoms. The molecule has 0 atom stereocenters. The zero-order chi connectivity index (χ0) is 11.8. The van der Waals surface area contributed by atoms with Gasteiger partial charge < -0.3 is 19.9 Å². The van der Waals surface area contributed by atoms with Crippen LogP contribution in [0.15, 0.2) is 16.7 Å². The van der Waals surface area contributed by atoms with Crippen LogP contribution in [0.25, 0.3) is 0 Å². The highest BCUT2D eigenvalue weighted by Crippen LogP contribution is 2.09. The van der Waals surface area contributed by atoms with Gasteiger partial charge in [0.15, 0.2) is 0 Å². The van der Waals surface area contributed by atoms with Crippen LogP contribution in [-0.2, 0) is 6.54 Å². The third kappa shape index (κ3) is 4.04. The first-order valence-corrected chi connectivity index (χ1v) is 5.37. The molecule has 0 aliphatic heterocycles. The Morgan fingerprint density at radius 1 is 1.38 bits per heavy atom. The van der Waals surface area contributed by atoms with Gasteiger partial charge in [0.25, 0.3) is 0 Å². The highest BCUT2D eigenvalue weighted by molar-refractivity contribution is 5.86. The summed E-state index contributed by atoms with van der Waals surface area (Å²) in [5, 5.41) is 20.5. The second-order valence-electron chi connectivity index (χ2n) is 3.54. The summed E-state index contributed by atoms with van der Waals surface area (Å²) < 4.78 is 4.85. The number of unbranched alkanes of at least 4 members (excludes halogenated alkanes) is 2. The Kier molecular flexibility index (Phi) is 5.60. The highest BCUT2D eigenvalue weighted by Gasteiger charge is 2.12. The van der Waals surface area contributed by atoms with Crippen molar-refractivity contribution >= 4 is 5.97 Å². The van der Waals surface area contributed by atoms with E-state index in [1.54, 1.807) is 6.07 Å². The number of carbonyl (C=O) groups is 1. The van der Waals surface area contributed by atoms with E-state index in [-0.39, 0.29) is 12.4 Å². The molecule has 1 rings (SSSR count). The minimum Gasteiger partial charge on any atom is -0.475 e. The Labute approximate surface area is 94.1 Å². The van der Waals surface area contributed by atoms with Crippen LogP contribution in [0.1, 0.15) is 35.4 Å². The van der Waals surface area contributed by atoms with E-state index >= 15 is 0 Å². The molecule has 0 aromatic carbocycles. The lowest BCUT2D eigenvalue weighted by molar-refractivity contribution is 0.0660. The van der Waals surface area contributed by atoms with E-state index in [4.69, 9.17) is 14.6 Å². The van der Waals surface area contributed by atoms with Gasteiger partial charge in [-0.1, -0.05) is 0 Å². The summed E-state index contributed by atoms with van der Waals surface area (Å²) in [4.78, 5) is 10.7. The maximum Gasteiger partial charge on any atom is 0.372 e. The Morgan fingerprint density at radius 3 is 2.88 bits per heavy atom. The molecule has 90 valence electrons. The van der Waals surface area contributed by atoms with Gasteiger partial charge in [-0.25, -0.2) is 4.79 Å². The van der Waals surface area contributed by atoms with Gasteiger partial charge in [-0.3, -0.25) is 0 Å². The van der Waals surface area contributed by atoms with Gasteiger partial charge in [0.05, 0.1) is 6.26 Å². The quantitative estimate of drug-likeness (QED) is 0.582. The van der Waals surface area contributed by atoms with Crippen molar-refractivity contribution in [1.82, 2.24) is 5.32 Å². The Bertz CT molecular complexity index is 322. The van der Waals surface area contributed by atoms with Crippen molar-refractivity contribution in [1.29, 1.82) is 0 Å². The van der Waals surface area contributed by atoms with Crippen molar-refractivity contribution in [3.05, 3.63) is 23.7 Å². The third-order valence-electron chi connectivity index (χ3n) is 2.27. The van der Waals surface area contributed by atoms with Gasteiger partial charge >= 0.3 is 5.97 Å². The summed E-state index contributed by atoms with van der Waals surface area (Å²) in [6, 6.07) is 1.66. The minimum absolute atomic E-state index is 0.00265. The monoisotopic (exact) mass is 227 g/mol. The number of rotatable bonds is 8. The van der Waals surface area contributed by atoms with Crippen molar-refractivity contribution in [3.8, 4) is 0 Å². The number of carboxylic acid groups (broad SMARTS) is 1. The maximum absolute atomic E-state index is 10.7. The molecule has 3 N–H and O–H groups in total. The van der Waals surface area contributed by atoms with E-state index in [2.05, 4.69) is 5.32 Å². The first-order valence-electron chi connectivity index (χ1n) is 5.37. The molecule has 0 aliphatic rings. The number of hydrogen-bond acceptors (Lipinski definition) is 4. The molecule has 0 amide bonds. The summed E-state index contributed by atoms with van der Waals surface area (Å²) in [5.74, 6) is -1.04. The van der Waals surface area contributed by atoms with Crippen LogP contribution in [0.5, 0.6) is 0 Å². The molecule has 0 fully saturated rings. The van der Waals surface area contributed by atoms with Crippen LogP contribution in [0.2, 0.25) is 0 Å². The second-order valence-corrected chi connectivity index (χ2v) is 3.54. The molecule has 5 nitrogen and oxygen atoms in total. The molecule has 0 unspecified atom stereocenters. The Balaban J connectivity index is 2.21. The van der Waals surface area contributed by atoms with Gasteiger partial charge in [-0.15, -0.1) is 0 Å². The van der Waals surface area contributed by atoms with Crippen molar-refractivity contribution in [3.63, 3.8) is 0 Å². The first kappa shape index (κ1) is 12.7. The SMILES string of the molecule is O=C(O)c1occc1CNCCCCCO. The molecule has 16 heavy (non-hydrogen) atoms. The number of aliphatic hydroxyl groups excluding tert-OH is 1. The van der Waals surface area contributed by atoms with Crippen molar-refractivity contribution in [2.24, 2.45) is 0 Å². The average molecular weight is 227 g/mol. The second kappa shape index (κ2) is 7.03. The number of aromatic carboxylic acids is 1. The van der Waals surface area contributed by atoms with E-state index in [9.17, 15) is 4.79 Å². The fourth-order valence-corrected chi connectivity index (χ4v) is 1.42. The van der Waals surface area contributed by atoms with Crippen LogP contribution >= 0.6 is 0 Å². The fourth-order valence-electron chi connectivity index (χ4n) is 1.42. The van der Waals surface area contributed by atoms with E-state index < -0.39 is 5.97 Å². The number of nitrogens with one attached hydrogen (secondary N) is 1. The molecule has 0 saturated heterocycles. The normalized spacial score (nSPS) is 10.6. The van der Waals surface area contributed by atoms with E-state index in [1.165, 1.54) is 6.26 Å². The lowest BCUT2D eigenvalue weighted by Crippen LogP contribution is -2.16. The number of aliphatic hydroxyl groups is 1. The average Bonchev–Trinajstić information content (AvgIpc) is 2.71. The van der Waals surface area contributed by atoms with E-state index in [0.717, 1.165) is 25.8 Å². The van der Waals surface area contributed by atoms with Gasteiger partial charge in [0, 0.05) is 18.7 Å². The van der Waals surface area contributed by atoms with E-state index in [1.807, 2.05) is 0 Å². The molecule has 0 saturated carbocycles. The number of hydrogen-bond donors (Lipinski definition) is 3. The standard InChI is InChI=1S/C11H17NO4/c13-6-3-1-2-5-12-8-9-4-7-16-10(9)11(14)15/h4,7,12-13H,1-3,5-6,8H2,(H,14,15). The third-order valence-corrected chi connectivity index (χ3v) is 2.27. The summed E-state index contributed by atoms with van der Waals surface area (Å²) in [6.07, 6.45) is 4.14. The Hall–Kier alpha value is -1.33. The van der Waals surface area contributed by atoms with Crippen LogP contribution in [0.4, 0.5) is 0 Å². The molecule has 0 aliphatic carbocycles. The maximum atomic E-state index is 10.7. The topological polar surface area (TPSA) is 82.7 Å². The zero-order valence-corrected chi connectivity index (χ0v) is 9.11. The summed E-state index contributed by atoms with van der Waals surface area (Å²) in [6.45, 7) is 1.53. The molecule has 1 aromatic heterocycles. The number of furan rings is 1. The molecule has 0 spiro atoms. The molecule has 1 aromatic rings. The predicted molar refractivity (Wildman–Crippen MR) is 58.3 cm³/mol. The summed E-state index contributed by atoms with van der Waals surface area (Å²) in [7, 11) is 0. The van der Waals surface area contributed by atoms with Crippen molar-refractivity contribution < 1.29 is 19.4 Å². The first-order chi connectivity index (χ1) is 7.75. The van der Waals surface area contributed by atoms with Gasteiger partial charge in [0.2, 0.25) is 5.76 Å². The molecule has 1 heterocycles. The predicted octanol–water partition coefficient (Wildman–Crippen LogP) is 1.23. The number of carboxylic acids is 1. The minimum atomic E-state index is -1.04. The molecule has 5 heteroatoms. The largest absolute Gasteiger partial charge is 0.475 e. The summed E-state index contributed by atoms with van der Waals surface area (Å²) >= 11 is 0. The van der Waals surface area contributed by atoms with Crippen molar-refractivity contribution in [2.45, 2.75) is 25.8 Å². The van der Waals surface area contributed by atoms with Crippen LogP contribution in [0, 0.1) is 0 Å². The zero-order valence-electron chi connectivity index (χ0n) is 9.11. The van der Waals surface area contributed by atoms with Gasteiger partial charge in [0.1, 0.15) is 0 Å². The lowest BCUT2D eigenvalue weighted by Gasteiger charge is -2.03. The van der Waals surface area contributed by atoms with Crippen LogP contribution in [0.3, 0.4) is 0 Å². The Morgan fingerprint density at radius 2 is 2.19 bits per heavy atom. The van der Waals surface area contributed by atoms with Crippen LogP contribution < -0.4 is 5.32 Å². The smallest absolute Gasteiger partial charge is 0.372 e. The van der Waals surface area contributed by atoms with Crippen molar-refractivity contribution in [2.75, 3.05) is 13.2 Å². The van der Waals surface area contributed by atoms with Crippen LogP contribution in [-0.4, -0.2) is 29.3 Å². The van der Waals surface area contributed by atoms with Gasteiger partial charge in [-0.05, 0) is 31.9 Å². The van der Waals surface area contributed by atoms with Gasteiger partial charge in [-0.2, -0.15) is 0 Å². The fraction of sp³-hybridized carbons (Fsp3) is 0.545. The molecule has 0 radical (unpaired) electrons. The highest BCUT2D eigenvalue weighted by atomic mass is 16.4. The molecular formula is C11H17NO4. The summed E-state index contributed by atoms with van der Waals surface area (Å²) in [5.41, 5.74) is 0.662. The molecular weight excluding hydrogens is 210 g/mol. The lowest BCUT2D eigenvalue weighted by atomic mass is 10.2. The van der Waals surface area contributed by atoms with E-state index in [0.29, 0.717) is 12.1 Å².